The molecule has 0 radical (unpaired) electrons. The lowest BCUT2D eigenvalue weighted by Gasteiger charge is -2.18. The zero-order valence-electron chi connectivity index (χ0n) is 9.03. The first-order valence-corrected chi connectivity index (χ1v) is 5.65. The van der Waals surface area contributed by atoms with Crippen LogP contribution < -0.4 is 4.90 Å². The second kappa shape index (κ2) is 3.89. The standard InChI is InChI=1S/C12H15NOS/c1-8-3-4-11(9(2)5-8)13-7-10(15)6-12(13)14/h3-5,10,15H,6-7H2,1-2H3. The van der Waals surface area contributed by atoms with Gasteiger partial charge in [0.05, 0.1) is 0 Å². The van der Waals surface area contributed by atoms with Gasteiger partial charge in [0.25, 0.3) is 0 Å². The van der Waals surface area contributed by atoms with Gasteiger partial charge < -0.3 is 4.90 Å². The zero-order valence-corrected chi connectivity index (χ0v) is 9.92. The molecule has 1 aliphatic rings. The van der Waals surface area contributed by atoms with Crippen LogP contribution in [-0.2, 0) is 4.79 Å². The monoisotopic (exact) mass is 221 g/mol. The van der Waals surface area contributed by atoms with Crippen LogP contribution in [0.2, 0.25) is 0 Å². The molecule has 2 nitrogen and oxygen atoms in total. The van der Waals surface area contributed by atoms with E-state index < -0.39 is 0 Å². The van der Waals surface area contributed by atoms with Gasteiger partial charge in [-0.15, -0.1) is 0 Å². The summed E-state index contributed by atoms with van der Waals surface area (Å²) in [5, 5.41) is 0.179. The van der Waals surface area contributed by atoms with E-state index in [9.17, 15) is 4.79 Å². The number of rotatable bonds is 1. The molecule has 15 heavy (non-hydrogen) atoms. The van der Waals surface area contributed by atoms with Crippen LogP contribution in [-0.4, -0.2) is 17.7 Å². The number of anilines is 1. The van der Waals surface area contributed by atoms with E-state index >= 15 is 0 Å². The van der Waals surface area contributed by atoms with Crippen molar-refractivity contribution in [3.05, 3.63) is 29.3 Å². The smallest absolute Gasteiger partial charge is 0.228 e. The largest absolute Gasteiger partial charge is 0.311 e. The van der Waals surface area contributed by atoms with Crippen LogP contribution in [0, 0.1) is 13.8 Å². The van der Waals surface area contributed by atoms with Gasteiger partial charge in [0.15, 0.2) is 0 Å². The highest BCUT2D eigenvalue weighted by Gasteiger charge is 2.28. The van der Waals surface area contributed by atoms with Crippen molar-refractivity contribution >= 4 is 24.2 Å². The van der Waals surface area contributed by atoms with Gasteiger partial charge in [-0.05, 0) is 25.5 Å². The summed E-state index contributed by atoms with van der Waals surface area (Å²) < 4.78 is 0. The molecule has 0 saturated carbocycles. The van der Waals surface area contributed by atoms with Crippen molar-refractivity contribution < 1.29 is 4.79 Å². The van der Waals surface area contributed by atoms with Gasteiger partial charge in [-0.1, -0.05) is 17.7 Å². The highest BCUT2D eigenvalue weighted by Crippen LogP contribution is 2.27. The number of hydrogen-bond acceptors (Lipinski definition) is 2. The molecule has 1 heterocycles. The molecule has 1 aromatic carbocycles. The molecular weight excluding hydrogens is 206 g/mol. The van der Waals surface area contributed by atoms with Crippen molar-refractivity contribution in [1.82, 2.24) is 0 Å². The number of thiol groups is 1. The molecule has 1 fully saturated rings. The van der Waals surface area contributed by atoms with Gasteiger partial charge in [-0.2, -0.15) is 12.6 Å². The Bertz CT molecular complexity index is 403. The summed E-state index contributed by atoms with van der Waals surface area (Å²) in [6, 6.07) is 6.17. The van der Waals surface area contributed by atoms with E-state index in [0.29, 0.717) is 6.42 Å². The summed E-state index contributed by atoms with van der Waals surface area (Å²) >= 11 is 4.35. The van der Waals surface area contributed by atoms with Crippen LogP contribution in [0.5, 0.6) is 0 Å². The van der Waals surface area contributed by atoms with Gasteiger partial charge in [0.1, 0.15) is 0 Å². The molecule has 0 aliphatic carbocycles. The Hall–Kier alpha value is -0.960. The first kappa shape index (κ1) is 10.6. The van der Waals surface area contributed by atoms with Gasteiger partial charge in [0, 0.05) is 23.9 Å². The van der Waals surface area contributed by atoms with Crippen molar-refractivity contribution in [2.45, 2.75) is 25.5 Å². The summed E-state index contributed by atoms with van der Waals surface area (Å²) in [6.45, 7) is 4.83. The minimum absolute atomic E-state index is 0.179. The number of carbonyl (C=O) groups is 1. The van der Waals surface area contributed by atoms with Crippen LogP contribution in [0.1, 0.15) is 17.5 Å². The zero-order chi connectivity index (χ0) is 11.0. The molecule has 2 rings (SSSR count). The fourth-order valence-electron chi connectivity index (χ4n) is 2.03. The van der Waals surface area contributed by atoms with Gasteiger partial charge in [-0.25, -0.2) is 0 Å². The SMILES string of the molecule is Cc1ccc(N2CC(S)CC2=O)c(C)c1. The number of hydrogen-bond donors (Lipinski definition) is 1. The molecule has 0 spiro atoms. The molecule has 1 saturated heterocycles. The number of amides is 1. The molecule has 1 aromatic rings. The van der Waals surface area contributed by atoms with Crippen LogP contribution in [0.15, 0.2) is 18.2 Å². The quantitative estimate of drug-likeness (QED) is 0.722. The topological polar surface area (TPSA) is 20.3 Å². The Labute approximate surface area is 95.7 Å². The second-order valence-electron chi connectivity index (χ2n) is 4.15. The third-order valence-electron chi connectivity index (χ3n) is 2.75. The van der Waals surface area contributed by atoms with Crippen molar-refractivity contribution in [3.8, 4) is 0 Å². The minimum atomic E-state index is 0.179. The number of nitrogens with zero attached hydrogens (tertiary/aromatic N) is 1. The van der Waals surface area contributed by atoms with E-state index in [-0.39, 0.29) is 11.2 Å². The molecule has 1 aliphatic heterocycles. The van der Waals surface area contributed by atoms with Crippen LogP contribution >= 0.6 is 12.6 Å². The molecule has 3 heteroatoms. The maximum atomic E-state index is 11.7. The summed E-state index contributed by atoms with van der Waals surface area (Å²) in [6.07, 6.45) is 0.552. The van der Waals surface area contributed by atoms with Crippen LogP contribution in [0.25, 0.3) is 0 Å². The maximum absolute atomic E-state index is 11.7. The molecule has 80 valence electrons. The van der Waals surface area contributed by atoms with Crippen molar-refractivity contribution in [2.24, 2.45) is 0 Å². The molecular formula is C12H15NOS. The molecule has 1 amide bonds. The lowest BCUT2D eigenvalue weighted by atomic mass is 10.1. The first-order valence-electron chi connectivity index (χ1n) is 5.13. The van der Waals surface area contributed by atoms with Crippen molar-refractivity contribution in [2.75, 3.05) is 11.4 Å². The van der Waals surface area contributed by atoms with Crippen LogP contribution in [0.4, 0.5) is 5.69 Å². The normalized spacial score (nSPS) is 21.1. The van der Waals surface area contributed by atoms with Gasteiger partial charge in [-0.3, -0.25) is 4.79 Å². The molecule has 0 N–H and O–H groups in total. The van der Waals surface area contributed by atoms with Gasteiger partial charge in [0.2, 0.25) is 5.91 Å². The second-order valence-corrected chi connectivity index (χ2v) is 4.88. The van der Waals surface area contributed by atoms with E-state index in [0.717, 1.165) is 17.8 Å². The average Bonchev–Trinajstić information content (AvgIpc) is 2.45. The van der Waals surface area contributed by atoms with Crippen molar-refractivity contribution in [3.63, 3.8) is 0 Å². The number of aryl methyl sites for hydroxylation is 2. The summed E-state index contributed by atoms with van der Waals surface area (Å²) in [5.74, 6) is 0.182. The van der Waals surface area contributed by atoms with E-state index in [1.54, 1.807) is 0 Å². The lowest BCUT2D eigenvalue weighted by Crippen LogP contribution is -2.25. The van der Waals surface area contributed by atoms with E-state index in [1.165, 1.54) is 5.56 Å². The van der Waals surface area contributed by atoms with E-state index in [2.05, 4.69) is 25.6 Å². The van der Waals surface area contributed by atoms with E-state index in [1.807, 2.05) is 24.0 Å². The predicted octanol–water partition coefficient (Wildman–Crippen LogP) is 2.34. The fraction of sp³-hybridized carbons (Fsp3) is 0.417. The first-order chi connectivity index (χ1) is 7.08. The lowest BCUT2D eigenvalue weighted by molar-refractivity contribution is -0.117. The molecule has 1 unspecified atom stereocenters. The minimum Gasteiger partial charge on any atom is -0.311 e. The third-order valence-corrected chi connectivity index (χ3v) is 3.09. The summed E-state index contributed by atoms with van der Waals surface area (Å²) in [7, 11) is 0. The summed E-state index contributed by atoms with van der Waals surface area (Å²) in [4.78, 5) is 13.5. The Morgan fingerprint density at radius 3 is 2.67 bits per heavy atom. The highest BCUT2D eigenvalue weighted by atomic mass is 32.1. The van der Waals surface area contributed by atoms with Crippen molar-refractivity contribution in [1.29, 1.82) is 0 Å². The van der Waals surface area contributed by atoms with Crippen LogP contribution in [0.3, 0.4) is 0 Å². The maximum Gasteiger partial charge on any atom is 0.228 e. The Morgan fingerprint density at radius 1 is 1.40 bits per heavy atom. The molecule has 0 aromatic heterocycles. The Morgan fingerprint density at radius 2 is 2.13 bits per heavy atom. The highest BCUT2D eigenvalue weighted by molar-refractivity contribution is 7.81. The Kier molecular flexibility index (Phi) is 2.74. The Balaban J connectivity index is 2.34. The predicted molar refractivity (Wildman–Crippen MR) is 65.7 cm³/mol. The molecule has 1 atom stereocenters. The summed E-state index contributed by atoms with van der Waals surface area (Å²) in [5.41, 5.74) is 3.42. The number of benzene rings is 1. The van der Waals surface area contributed by atoms with E-state index in [4.69, 9.17) is 0 Å². The average molecular weight is 221 g/mol. The van der Waals surface area contributed by atoms with Gasteiger partial charge >= 0.3 is 0 Å². The molecule has 0 bridgehead atoms. The third kappa shape index (κ3) is 2.02. The number of carbonyl (C=O) groups excluding carboxylic acids is 1. The fourth-order valence-corrected chi connectivity index (χ4v) is 2.35.